The molecule has 0 saturated carbocycles. The maximum absolute atomic E-state index is 11.7. The molecule has 2 saturated heterocycles. The van der Waals surface area contributed by atoms with E-state index < -0.39 is 0 Å². The zero-order chi connectivity index (χ0) is 12.6. The number of amides is 1. The fourth-order valence-corrected chi connectivity index (χ4v) is 2.58. The fourth-order valence-electron chi connectivity index (χ4n) is 2.58. The van der Waals surface area contributed by atoms with Crippen molar-refractivity contribution in [3.63, 3.8) is 0 Å². The Labute approximate surface area is 134 Å². The van der Waals surface area contributed by atoms with Gasteiger partial charge < -0.3 is 15.4 Å². The van der Waals surface area contributed by atoms with Crippen LogP contribution in [0.4, 0.5) is 0 Å². The smallest absolute Gasteiger partial charge is 0.220 e. The molecule has 0 aromatic heterocycles. The van der Waals surface area contributed by atoms with Gasteiger partial charge in [0.15, 0.2) is 0 Å². The summed E-state index contributed by atoms with van der Waals surface area (Å²) in [5.41, 5.74) is 0. The first-order valence-corrected chi connectivity index (χ1v) is 7.15. The maximum atomic E-state index is 11.7. The predicted molar refractivity (Wildman–Crippen MR) is 85.0 cm³/mol. The van der Waals surface area contributed by atoms with Crippen molar-refractivity contribution < 1.29 is 9.53 Å². The molecule has 2 N–H and O–H groups in total. The van der Waals surface area contributed by atoms with E-state index in [1.54, 1.807) is 0 Å². The third-order valence-electron chi connectivity index (χ3n) is 3.74. The number of nitrogens with zero attached hydrogens (tertiary/aromatic N) is 1. The number of rotatable bonds is 6. The molecule has 0 aromatic rings. The van der Waals surface area contributed by atoms with Crippen LogP contribution in [0, 0.1) is 0 Å². The molecule has 1 amide bonds. The van der Waals surface area contributed by atoms with Gasteiger partial charge >= 0.3 is 0 Å². The Morgan fingerprint density at radius 1 is 1.30 bits per heavy atom. The van der Waals surface area contributed by atoms with E-state index in [0.29, 0.717) is 12.5 Å². The molecule has 2 aliphatic heterocycles. The largest absolute Gasteiger partial charge is 0.379 e. The summed E-state index contributed by atoms with van der Waals surface area (Å²) in [4.78, 5) is 14.0. The molecular formula is C13H27Cl2N3O2. The molecule has 2 fully saturated rings. The second-order valence-electron chi connectivity index (χ2n) is 5.14. The number of hydrogen-bond donors (Lipinski definition) is 2. The van der Waals surface area contributed by atoms with Gasteiger partial charge in [0.05, 0.1) is 13.2 Å². The van der Waals surface area contributed by atoms with Crippen molar-refractivity contribution in [1.29, 1.82) is 0 Å². The standard InChI is InChI=1S/C13H25N3O2.2ClH/c17-13(4-3-12-2-1-5-14-12)15-6-7-16-8-10-18-11-9-16;;/h12,14H,1-11H2,(H,15,17);2*1H. The Morgan fingerprint density at radius 2 is 2.05 bits per heavy atom. The van der Waals surface area contributed by atoms with Gasteiger partial charge in [-0.2, -0.15) is 0 Å². The van der Waals surface area contributed by atoms with Crippen LogP contribution in [-0.2, 0) is 9.53 Å². The van der Waals surface area contributed by atoms with Gasteiger partial charge in [0.25, 0.3) is 0 Å². The van der Waals surface area contributed by atoms with E-state index >= 15 is 0 Å². The number of ether oxygens (including phenoxy) is 1. The summed E-state index contributed by atoms with van der Waals surface area (Å²) in [6.07, 6.45) is 4.11. The highest BCUT2D eigenvalue weighted by Gasteiger charge is 2.15. The van der Waals surface area contributed by atoms with Crippen LogP contribution in [0.5, 0.6) is 0 Å². The minimum absolute atomic E-state index is 0. The Balaban J connectivity index is 0.00000180. The van der Waals surface area contributed by atoms with Crippen molar-refractivity contribution in [3.05, 3.63) is 0 Å². The van der Waals surface area contributed by atoms with Gasteiger partial charge in [-0.25, -0.2) is 0 Å². The first-order chi connectivity index (χ1) is 8.84. The Morgan fingerprint density at radius 3 is 2.70 bits per heavy atom. The maximum Gasteiger partial charge on any atom is 0.220 e. The van der Waals surface area contributed by atoms with Crippen LogP contribution in [0.25, 0.3) is 0 Å². The molecule has 2 heterocycles. The third-order valence-corrected chi connectivity index (χ3v) is 3.74. The highest BCUT2D eigenvalue weighted by molar-refractivity contribution is 5.85. The molecule has 0 spiro atoms. The molecule has 1 atom stereocenters. The van der Waals surface area contributed by atoms with Crippen LogP contribution >= 0.6 is 24.8 Å². The van der Waals surface area contributed by atoms with Crippen LogP contribution in [0.15, 0.2) is 0 Å². The van der Waals surface area contributed by atoms with Crippen LogP contribution in [0.3, 0.4) is 0 Å². The van der Waals surface area contributed by atoms with E-state index in [1.807, 2.05) is 0 Å². The van der Waals surface area contributed by atoms with Gasteiger partial charge in [-0.05, 0) is 25.8 Å². The van der Waals surface area contributed by atoms with Gasteiger partial charge in [0.1, 0.15) is 0 Å². The topological polar surface area (TPSA) is 53.6 Å². The minimum Gasteiger partial charge on any atom is -0.379 e. The molecule has 0 aromatic carbocycles. The molecule has 7 heteroatoms. The van der Waals surface area contributed by atoms with Crippen molar-refractivity contribution in [2.45, 2.75) is 31.7 Å². The Hall–Kier alpha value is -0.0700. The summed E-state index contributed by atoms with van der Waals surface area (Å²) >= 11 is 0. The predicted octanol–water partition coefficient (Wildman–Crippen LogP) is 0.811. The van der Waals surface area contributed by atoms with E-state index in [2.05, 4.69) is 15.5 Å². The second-order valence-corrected chi connectivity index (χ2v) is 5.14. The lowest BCUT2D eigenvalue weighted by Gasteiger charge is -2.26. The van der Waals surface area contributed by atoms with Crippen LogP contribution in [-0.4, -0.2) is 62.8 Å². The molecule has 5 nitrogen and oxygen atoms in total. The molecule has 20 heavy (non-hydrogen) atoms. The number of carbonyl (C=O) groups excluding carboxylic acids is 1. The van der Waals surface area contributed by atoms with Crippen LogP contribution < -0.4 is 10.6 Å². The van der Waals surface area contributed by atoms with E-state index in [-0.39, 0.29) is 30.7 Å². The summed E-state index contributed by atoms with van der Waals surface area (Å²) < 4.78 is 5.29. The van der Waals surface area contributed by atoms with E-state index in [0.717, 1.165) is 52.4 Å². The minimum atomic E-state index is 0. The van der Waals surface area contributed by atoms with Crippen molar-refractivity contribution in [3.8, 4) is 0 Å². The normalized spacial score (nSPS) is 22.7. The van der Waals surface area contributed by atoms with Gasteiger partial charge in [0.2, 0.25) is 5.91 Å². The van der Waals surface area contributed by atoms with Crippen LogP contribution in [0.2, 0.25) is 0 Å². The highest BCUT2D eigenvalue weighted by Crippen LogP contribution is 2.10. The fraction of sp³-hybridized carbons (Fsp3) is 0.923. The van der Waals surface area contributed by atoms with Gasteiger partial charge in [-0.1, -0.05) is 0 Å². The van der Waals surface area contributed by atoms with E-state index in [1.165, 1.54) is 12.8 Å². The second kappa shape index (κ2) is 11.6. The van der Waals surface area contributed by atoms with Crippen molar-refractivity contribution in [1.82, 2.24) is 15.5 Å². The average Bonchev–Trinajstić information content (AvgIpc) is 2.91. The number of hydrogen-bond acceptors (Lipinski definition) is 4. The molecule has 2 aliphatic rings. The lowest BCUT2D eigenvalue weighted by Crippen LogP contribution is -2.41. The SMILES string of the molecule is Cl.Cl.O=C(CCC1CCCN1)NCCN1CCOCC1. The summed E-state index contributed by atoms with van der Waals surface area (Å²) in [5.74, 6) is 0.192. The highest BCUT2D eigenvalue weighted by atomic mass is 35.5. The molecule has 0 bridgehead atoms. The summed E-state index contributed by atoms with van der Waals surface area (Å²) in [5, 5.41) is 6.42. The van der Waals surface area contributed by atoms with Crippen LogP contribution in [0.1, 0.15) is 25.7 Å². The zero-order valence-electron chi connectivity index (χ0n) is 11.9. The monoisotopic (exact) mass is 327 g/mol. The number of carbonyl (C=O) groups is 1. The van der Waals surface area contributed by atoms with Crippen molar-refractivity contribution >= 4 is 30.7 Å². The average molecular weight is 328 g/mol. The van der Waals surface area contributed by atoms with Gasteiger partial charge in [-0.3, -0.25) is 9.69 Å². The first kappa shape index (κ1) is 19.9. The lowest BCUT2D eigenvalue weighted by molar-refractivity contribution is -0.121. The molecule has 1 unspecified atom stereocenters. The quantitative estimate of drug-likeness (QED) is 0.758. The van der Waals surface area contributed by atoms with E-state index in [9.17, 15) is 4.79 Å². The van der Waals surface area contributed by atoms with Gasteiger partial charge in [0, 0.05) is 38.6 Å². The van der Waals surface area contributed by atoms with Crippen molar-refractivity contribution in [2.75, 3.05) is 45.9 Å². The molecular weight excluding hydrogens is 301 g/mol. The molecule has 2 rings (SSSR count). The number of nitrogens with one attached hydrogen (secondary N) is 2. The Bertz CT molecular complexity index is 258. The molecule has 0 radical (unpaired) electrons. The Kier molecular flexibility index (Phi) is 11.5. The molecule has 120 valence electrons. The molecule has 0 aliphatic carbocycles. The van der Waals surface area contributed by atoms with Gasteiger partial charge in [-0.15, -0.1) is 24.8 Å². The summed E-state index contributed by atoms with van der Waals surface area (Å²) in [6, 6.07) is 0.565. The first-order valence-electron chi connectivity index (χ1n) is 7.15. The third kappa shape index (κ3) is 7.64. The van der Waals surface area contributed by atoms with E-state index in [4.69, 9.17) is 4.74 Å². The summed E-state index contributed by atoms with van der Waals surface area (Å²) in [7, 11) is 0. The summed E-state index contributed by atoms with van der Waals surface area (Å²) in [6.45, 7) is 6.43. The number of halogens is 2. The van der Waals surface area contributed by atoms with Crippen molar-refractivity contribution in [2.24, 2.45) is 0 Å². The number of morpholine rings is 1. The lowest BCUT2D eigenvalue weighted by atomic mass is 10.1. The zero-order valence-corrected chi connectivity index (χ0v) is 13.6.